The van der Waals surface area contributed by atoms with E-state index < -0.39 is 0 Å². The van der Waals surface area contributed by atoms with Crippen molar-refractivity contribution in [1.29, 1.82) is 0 Å². The maximum Gasteiger partial charge on any atom is 0.242 e. The molecule has 0 saturated heterocycles. The Bertz CT molecular complexity index is 830. The predicted molar refractivity (Wildman–Crippen MR) is 114 cm³/mol. The molecule has 0 aliphatic carbocycles. The van der Waals surface area contributed by atoms with Crippen molar-refractivity contribution in [3.05, 3.63) is 71.3 Å². The van der Waals surface area contributed by atoms with Crippen LogP contribution in [0.2, 0.25) is 0 Å². The SMILES string of the molecule is CN=C(NCC(=O)N1CCc2ccccc2C1)NCC(C)(C)c1ccccc1. The van der Waals surface area contributed by atoms with Gasteiger partial charge in [-0.25, -0.2) is 0 Å². The highest BCUT2D eigenvalue weighted by molar-refractivity contribution is 5.86. The zero-order valence-electron chi connectivity index (χ0n) is 17.0. The molecule has 0 saturated carbocycles. The van der Waals surface area contributed by atoms with Crippen molar-refractivity contribution in [2.45, 2.75) is 32.2 Å². The van der Waals surface area contributed by atoms with Gasteiger partial charge in [0, 0.05) is 32.1 Å². The largest absolute Gasteiger partial charge is 0.356 e. The molecule has 148 valence electrons. The lowest BCUT2D eigenvalue weighted by atomic mass is 9.85. The lowest BCUT2D eigenvalue weighted by molar-refractivity contribution is -0.130. The van der Waals surface area contributed by atoms with Crippen LogP contribution in [-0.2, 0) is 23.2 Å². The summed E-state index contributed by atoms with van der Waals surface area (Å²) in [5, 5.41) is 6.51. The minimum atomic E-state index is -0.0422. The molecular formula is C23H30N4O. The van der Waals surface area contributed by atoms with Gasteiger partial charge >= 0.3 is 0 Å². The Morgan fingerprint density at radius 2 is 1.71 bits per heavy atom. The second kappa shape index (κ2) is 8.91. The summed E-state index contributed by atoms with van der Waals surface area (Å²) in [5.74, 6) is 0.745. The number of rotatable bonds is 5. The Hall–Kier alpha value is -2.82. The fourth-order valence-electron chi connectivity index (χ4n) is 3.50. The molecule has 1 amide bonds. The molecule has 2 N–H and O–H groups in total. The molecule has 2 aromatic carbocycles. The molecule has 2 aromatic rings. The quantitative estimate of drug-likeness (QED) is 0.621. The van der Waals surface area contributed by atoms with Crippen LogP contribution in [0.1, 0.15) is 30.5 Å². The normalized spacial score (nSPS) is 14.4. The molecule has 0 aromatic heterocycles. The number of benzene rings is 2. The summed E-state index contributed by atoms with van der Waals surface area (Å²) < 4.78 is 0. The number of nitrogens with zero attached hydrogens (tertiary/aromatic N) is 2. The van der Waals surface area contributed by atoms with Crippen LogP contribution in [0.4, 0.5) is 0 Å². The molecule has 0 radical (unpaired) electrons. The first kappa shape index (κ1) is 19.9. The van der Waals surface area contributed by atoms with Crippen molar-refractivity contribution in [3.63, 3.8) is 0 Å². The standard InChI is InChI=1S/C23H30N4O/c1-23(2,20-11-5-4-6-12-20)17-26-22(24-3)25-15-21(28)27-14-13-18-9-7-8-10-19(18)16-27/h4-12H,13-17H2,1-3H3,(H2,24,25,26). The second-order valence-electron chi connectivity index (χ2n) is 7.86. The van der Waals surface area contributed by atoms with E-state index in [1.165, 1.54) is 16.7 Å². The van der Waals surface area contributed by atoms with Gasteiger partial charge < -0.3 is 15.5 Å². The van der Waals surface area contributed by atoms with E-state index in [1.54, 1.807) is 7.05 Å². The van der Waals surface area contributed by atoms with Crippen molar-refractivity contribution in [1.82, 2.24) is 15.5 Å². The predicted octanol–water partition coefficient (Wildman–Crippen LogP) is 2.71. The third-order valence-corrected chi connectivity index (χ3v) is 5.37. The van der Waals surface area contributed by atoms with E-state index >= 15 is 0 Å². The number of amides is 1. The van der Waals surface area contributed by atoms with Gasteiger partial charge in [-0.3, -0.25) is 9.79 Å². The fraction of sp³-hybridized carbons (Fsp3) is 0.391. The summed E-state index contributed by atoms with van der Waals surface area (Å²) >= 11 is 0. The van der Waals surface area contributed by atoms with Gasteiger partial charge in [-0.15, -0.1) is 0 Å². The first-order valence-electron chi connectivity index (χ1n) is 9.84. The highest BCUT2D eigenvalue weighted by Crippen LogP contribution is 2.21. The van der Waals surface area contributed by atoms with Crippen molar-refractivity contribution in [3.8, 4) is 0 Å². The summed E-state index contributed by atoms with van der Waals surface area (Å²) in [4.78, 5) is 18.8. The van der Waals surface area contributed by atoms with Gasteiger partial charge in [0.1, 0.15) is 0 Å². The van der Waals surface area contributed by atoms with Crippen LogP contribution in [0.25, 0.3) is 0 Å². The number of guanidine groups is 1. The van der Waals surface area contributed by atoms with Crippen LogP contribution in [0.5, 0.6) is 0 Å². The minimum Gasteiger partial charge on any atom is -0.356 e. The van der Waals surface area contributed by atoms with Gasteiger partial charge in [-0.05, 0) is 23.1 Å². The molecule has 0 atom stereocenters. The van der Waals surface area contributed by atoms with Gasteiger partial charge in [0.05, 0.1) is 6.54 Å². The van der Waals surface area contributed by atoms with Crippen molar-refractivity contribution in [2.75, 3.05) is 26.7 Å². The van der Waals surface area contributed by atoms with Crippen molar-refractivity contribution in [2.24, 2.45) is 4.99 Å². The molecule has 0 spiro atoms. The summed E-state index contributed by atoms with van der Waals surface area (Å²) in [6.45, 7) is 6.81. The number of hydrogen-bond acceptors (Lipinski definition) is 2. The summed E-state index contributed by atoms with van der Waals surface area (Å²) in [6, 6.07) is 18.8. The first-order chi connectivity index (χ1) is 13.5. The average Bonchev–Trinajstić information content (AvgIpc) is 2.74. The minimum absolute atomic E-state index is 0.0422. The van der Waals surface area contributed by atoms with Gasteiger partial charge in [-0.1, -0.05) is 68.4 Å². The highest BCUT2D eigenvalue weighted by Gasteiger charge is 2.22. The van der Waals surface area contributed by atoms with Crippen LogP contribution in [0.3, 0.4) is 0 Å². The molecule has 5 heteroatoms. The first-order valence-corrected chi connectivity index (χ1v) is 9.84. The Kier molecular flexibility index (Phi) is 6.34. The topological polar surface area (TPSA) is 56.7 Å². The van der Waals surface area contributed by atoms with Gasteiger partial charge in [0.25, 0.3) is 0 Å². The number of fused-ring (bicyclic) bond motifs is 1. The van der Waals surface area contributed by atoms with Gasteiger partial charge in [0.15, 0.2) is 5.96 Å². The van der Waals surface area contributed by atoms with Crippen LogP contribution in [-0.4, -0.2) is 43.4 Å². The van der Waals surface area contributed by atoms with Crippen LogP contribution in [0.15, 0.2) is 59.6 Å². The molecule has 0 bridgehead atoms. The number of nitrogens with one attached hydrogen (secondary N) is 2. The van der Waals surface area contributed by atoms with E-state index in [0.717, 1.165) is 19.5 Å². The summed E-state index contributed by atoms with van der Waals surface area (Å²) in [6.07, 6.45) is 0.917. The third kappa shape index (κ3) is 4.91. The molecule has 0 unspecified atom stereocenters. The van der Waals surface area contributed by atoms with Gasteiger partial charge in [-0.2, -0.15) is 0 Å². The Morgan fingerprint density at radius 1 is 1.04 bits per heavy atom. The van der Waals surface area contributed by atoms with E-state index in [9.17, 15) is 4.79 Å². The number of hydrogen-bond donors (Lipinski definition) is 2. The summed E-state index contributed by atoms with van der Waals surface area (Å²) in [7, 11) is 1.73. The molecule has 0 fully saturated rings. The van der Waals surface area contributed by atoms with E-state index in [0.29, 0.717) is 12.5 Å². The van der Waals surface area contributed by atoms with Gasteiger partial charge in [0.2, 0.25) is 5.91 Å². The maximum absolute atomic E-state index is 12.6. The van der Waals surface area contributed by atoms with E-state index in [2.05, 4.69) is 71.9 Å². The highest BCUT2D eigenvalue weighted by atomic mass is 16.2. The smallest absolute Gasteiger partial charge is 0.242 e. The Balaban J connectivity index is 1.50. The van der Waals surface area contributed by atoms with E-state index in [1.807, 2.05) is 17.0 Å². The lowest BCUT2D eigenvalue weighted by Crippen LogP contribution is -2.48. The van der Waals surface area contributed by atoms with Crippen molar-refractivity contribution < 1.29 is 4.79 Å². The molecular weight excluding hydrogens is 348 g/mol. The molecule has 1 heterocycles. The molecule has 1 aliphatic heterocycles. The lowest BCUT2D eigenvalue weighted by Gasteiger charge is -2.29. The molecule has 3 rings (SSSR count). The van der Waals surface area contributed by atoms with E-state index in [4.69, 9.17) is 0 Å². The number of carbonyl (C=O) groups excluding carboxylic acids is 1. The number of aliphatic imine (C=N–C) groups is 1. The monoisotopic (exact) mass is 378 g/mol. The van der Waals surface area contributed by atoms with E-state index in [-0.39, 0.29) is 17.9 Å². The van der Waals surface area contributed by atoms with Crippen molar-refractivity contribution >= 4 is 11.9 Å². The van der Waals surface area contributed by atoms with Crippen LogP contribution < -0.4 is 10.6 Å². The third-order valence-electron chi connectivity index (χ3n) is 5.37. The number of carbonyl (C=O) groups is 1. The molecule has 5 nitrogen and oxygen atoms in total. The zero-order chi connectivity index (χ0) is 20.0. The van der Waals surface area contributed by atoms with Crippen LogP contribution >= 0.6 is 0 Å². The molecule has 1 aliphatic rings. The molecule has 28 heavy (non-hydrogen) atoms. The Labute approximate surface area is 167 Å². The second-order valence-corrected chi connectivity index (χ2v) is 7.86. The summed E-state index contributed by atoms with van der Waals surface area (Å²) in [5.41, 5.74) is 3.81. The fourth-order valence-corrected chi connectivity index (χ4v) is 3.50. The average molecular weight is 379 g/mol. The Morgan fingerprint density at radius 3 is 2.43 bits per heavy atom. The maximum atomic E-state index is 12.6. The van der Waals surface area contributed by atoms with Crippen LogP contribution in [0, 0.1) is 0 Å². The zero-order valence-corrected chi connectivity index (χ0v) is 17.0.